The van der Waals surface area contributed by atoms with Gasteiger partial charge in [0.2, 0.25) is 0 Å². The number of benzene rings is 1. The summed E-state index contributed by atoms with van der Waals surface area (Å²) in [7, 11) is 1.38. The number of methoxy groups -OCH3 is 1. The summed E-state index contributed by atoms with van der Waals surface area (Å²) in [6.07, 6.45) is 2.86. The van der Waals surface area contributed by atoms with Crippen molar-refractivity contribution in [2.75, 3.05) is 25.1 Å². The minimum absolute atomic E-state index is 0.204. The summed E-state index contributed by atoms with van der Waals surface area (Å²) < 4.78 is 4.66. The number of esters is 1. The van der Waals surface area contributed by atoms with E-state index in [0.29, 0.717) is 5.56 Å². The normalized spacial score (nSPS) is 16.4. The van der Waals surface area contributed by atoms with Crippen molar-refractivity contribution < 1.29 is 14.3 Å². The quantitative estimate of drug-likeness (QED) is 0.604. The summed E-state index contributed by atoms with van der Waals surface area (Å²) >= 11 is 0. The number of hydrogen-bond donors (Lipinski definition) is 0. The largest absolute Gasteiger partial charge is 0.465 e. The van der Waals surface area contributed by atoms with E-state index in [1.54, 1.807) is 12.1 Å². The SMILES string of the molecule is COC(=O)c1ccc(N2CCC(C=O)CC2)cc1. The molecule has 4 heteroatoms. The molecule has 0 bridgehead atoms. The predicted octanol–water partition coefficient (Wildman–Crippen LogP) is 1.89. The van der Waals surface area contributed by atoms with Crippen LogP contribution in [0.25, 0.3) is 0 Å². The Hall–Kier alpha value is -1.84. The molecule has 1 saturated heterocycles. The van der Waals surface area contributed by atoms with Gasteiger partial charge in [0.15, 0.2) is 0 Å². The van der Waals surface area contributed by atoms with Gasteiger partial charge in [0.25, 0.3) is 0 Å². The molecule has 0 radical (unpaired) electrons. The predicted molar refractivity (Wildman–Crippen MR) is 68.8 cm³/mol. The van der Waals surface area contributed by atoms with Gasteiger partial charge in [0, 0.05) is 24.7 Å². The second kappa shape index (κ2) is 5.67. The van der Waals surface area contributed by atoms with Gasteiger partial charge in [0.05, 0.1) is 12.7 Å². The van der Waals surface area contributed by atoms with E-state index >= 15 is 0 Å². The summed E-state index contributed by atoms with van der Waals surface area (Å²) in [4.78, 5) is 24.2. The standard InChI is InChI=1S/C14H17NO3/c1-18-14(17)12-2-4-13(5-3-12)15-8-6-11(10-16)7-9-15/h2-5,10-11H,6-9H2,1H3. The Kier molecular flexibility index (Phi) is 3.97. The molecule has 0 aliphatic carbocycles. The van der Waals surface area contributed by atoms with E-state index in [4.69, 9.17) is 0 Å². The van der Waals surface area contributed by atoms with Crippen molar-refractivity contribution in [2.24, 2.45) is 5.92 Å². The molecule has 2 rings (SSSR count). The van der Waals surface area contributed by atoms with Gasteiger partial charge in [-0.15, -0.1) is 0 Å². The number of hydrogen-bond acceptors (Lipinski definition) is 4. The second-order valence-electron chi connectivity index (χ2n) is 4.50. The van der Waals surface area contributed by atoms with E-state index in [-0.39, 0.29) is 11.9 Å². The molecule has 4 nitrogen and oxygen atoms in total. The molecule has 1 aromatic rings. The van der Waals surface area contributed by atoms with Crippen molar-refractivity contribution >= 4 is 17.9 Å². The van der Waals surface area contributed by atoms with E-state index in [9.17, 15) is 9.59 Å². The first kappa shape index (κ1) is 12.6. The Morgan fingerprint density at radius 3 is 2.39 bits per heavy atom. The molecule has 0 atom stereocenters. The van der Waals surface area contributed by atoms with Crippen LogP contribution in [-0.2, 0) is 9.53 Å². The van der Waals surface area contributed by atoms with Gasteiger partial charge in [-0.25, -0.2) is 4.79 Å². The maximum atomic E-state index is 11.3. The number of piperidine rings is 1. The minimum atomic E-state index is -0.318. The van der Waals surface area contributed by atoms with Crippen LogP contribution in [0.1, 0.15) is 23.2 Å². The number of carbonyl (C=O) groups is 2. The number of ether oxygens (including phenoxy) is 1. The highest BCUT2D eigenvalue weighted by Gasteiger charge is 2.18. The average Bonchev–Trinajstić information content (AvgIpc) is 2.47. The molecule has 1 aliphatic heterocycles. The molecule has 96 valence electrons. The minimum Gasteiger partial charge on any atom is -0.465 e. The highest BCUT2D eigenvalue weighted by Crippen LogP contribution is 2.22. The fraction of sp³-hybridized carbons (Fsp3) is 0.429. The van der Waals surface area contributed by atoms with Gasteiger partial charge in [-0.3, -0.25) is 0 Å². The lowest BCUT2D eigenvalue weighted by Crippen LogP contribution is -2.34. The Labute approximate surface area is 107 Å². The maximum absolute atomic E-state index is 11.3. The first-order chi connectivity index (χ1) is 8.74. The third-order valence-corrected chi connectivity index (χ3v) is 3.39. The summed E-state index contributed by atoms with van der Waals surface area (Å²) in [5, 5.41) is 0. The number of rotatable bonds is 3. The first-order valence-corrected chi connectivity index (χ1v) is 6.13. The fourth-order valence-corrected chi connectivity index (χ4v) is 2.22. The monoisotopic (exact) mass is 247 g/mol. The molecule has 0 amide bonds. The average molecular weight is 247 g/mol. The van der Waals surface area contributed by atoms with Crippen LogP contribution >= 0.6 is 0 Å². The molecule has 0 spiro atoms. The third kappa shape index (κ3) is 2.70. The van der Waals surface area contributed by atoms with Gasteiger partial charge in [0.1, 0.15) is 6.29 Å². The zero-order valence-electron chi connectivity index (χ0n) is 10.5. The van der Waals surface area contributed by atoms with Crippen molar-refractivity contribution in [1.82, 2.24) is 0 Å². The smallest absolute Gasteiger partial charge is 0.337 e. The summed E-state index contributed by atoms with van der Waals surface area (Å²) in [6.45, 7) is 1.78. The Morgan fingerprint density at radius 1 is 1.28 bits per heavy atom. The molecule has 18 heavy (non-hydrogen) atoms. The number of carbonyl (C=O) groups excluding carboxylic acids is 2. The van der Waals surface area contributed by atoms with E-state index in [0.717, 1.165) is 37.9 Å². The topological polar surface area (TPSA) is 46.6 Å². The molecular formula is C14H17NO3. The van der Waals surface area contributed by atoms with Gasteiger partial charge in [-0.05, 0) is 37.1 Å². The Bertz CT molecular complexity index is 419. The Morgan fingerprint density at radius 2 is 1.89 bits per heavy atom. The van der Waals surface area contributed by atoms with Crippen molar-refractivity contribution in [1.29, 1.82) is 0 Å². The van der Waals surface area contributed by atoms with Crippen LogP contribution in [0, 0.1) is 5.92 Å². The van der Waals surface area contributed by atoms with E-state index < -0.39 is 0 Å². The van der Waals surface area contributed by atoms with Crippen LogP contribution in [0.3, 0.4) is 0 Å². The lowest BCUT2D eigenvalue weighted by molar-refractivity contribution is -0.111. The maximum Gasteiger partial charge on any atom is 0.337 e. The van der Waals surface area contributed by atoms with E-state index in [2.05, 4.69) is 9.64 Å². The molecular weight excluding hydrogens is 230 g/mol. The molecule has 1 fully saturated rings. The molecule has 0 unspecified atom stereocenters. The highest BCUT2D eigenvalue weighted by atomic mass is 16.5. The van der Waals surface area contributed by atoms with Crippen molar-refractivity contribution in [3.8, 4) is 0 Å². The van der Waals surface area contributed by atoms with E-state index in [1.165, 1.54) is 7.11 Å². The fourth-order valence-electron chi connectivity index (χ4n) is 2.22. The van der Waals surface area contributed by atoms with Crippen molar-refractivity contribution in [3.63, 3.8) is 0 Å². The molecule has 0 saturated carbocycles. The lowest BCUT2D eigenvalue weighted by Gasteiger charge is -2.31. The first-order valence-electron chi connectivity index (χ1n) is 6.13. The zero-order valence-corrected chi connectivity index (χ0v) is 10.5. The van der Waals surface area contributed by atoms with Gasteiger partial charge in [-0.1, -0.05) is 0 Å². The van der Waals surface area contributed by atoms with E-state index in [1.807, 2.05) is 12.1 Å². The summed E-state index contributed by atoms with van der Waals surface area (Å²) in [6, 6.07) is 7.39. The molecule has 1 aromatic carbocycles. The van der Waals surface area contributed by atoms with Gasteiger partial charge in [-0.2, -0.15) is 0 Å². The van der Waals surface area contributed by atoms with Crippen LogP contribution in [0.5, 0.6) is 0 Å². The summed E-state index contributed by atoms with van der Waals surface area (Å²) in [5.74, 6) is -0.114. The highest BCUT2D eigenvalue weighted by molar-refractivity contribution is 5.89. The molecule has 0 aromatic heterocycles. The third-order valence-electron chi connectivity index (χ3n) is 3.39. The number of aldehydes is 1. The van der Waals surface area contributed by atoms with Crippen LogP contribution in [-0.4, -0.2) is 32.5 Å². The number of anilines is 1. The second-order valence-corrected chi connectivity index (χ2v) is 4.50. The van der Waals surface area contributed by atoms with Gasteiger partial charge >= 0.3 is 5.97 Å². The van der Waals surface area contributed by atoms with Crippen molar-refractivity contribution in [2.45, 2.75) is 12.8 Å². The molecule has 1 heterocycles. The van der Waals surface area contributed by atoms with Crippen LogP contribution in [0.15, 0.2) is 24.3 Å². The number of nitrogens with zero attached hydrogens (tertiary/aromatic N) is 1. The van der Waals surface area contributed by atoms with Crippen LogP contribution in [0.2, 0.25) is 0 Å². The summed E-state index contributed by atoms with van der Waals surface area (Å²) in [5.41, 5.74) is 1.65. The van der Waals surface area contributed by atoms with Crippen molar-refractivity contribution in [3.05, 3.63) is 29.8 Å². The van der Waals surface area contributed by atoms with Gasteiger partial charge < -0.3 is 14.4 Å². The molecule has 1 aliphatic rings. The van der Waals surface area contributed by atoms with Crippen LogP contribution < -0.4 is 4.90 Å². The van der Waals surface area contributed by atoms with Crippen LogP contribution in [0.4, 0.5) is 5.69 Å². The lowest BCUT2D eigenvalue weighted by atomic mass is 9.98. The Balaban J connectivity index is 2.02. The molecule has 0 N–H and O–H groups in total. The zero-order chi connectivity index (χ0) is 13.0.